The minimum atomic E-state index is -0.627. The van der Waals surface area contributed by atoms with Gasteiger partial charge in [0.2, 0.25) is 13.6 Å². The molecule has 0 atom stereocenters. The first-order valence-corrected chi connectivity index (χ1v) is 13.3. The van der Waals surface area contributed by atoms with E-state index in [1.807, 2.05) is 26.8 Å². The zero-order valence-corrected chi connectivity index (χ0v) is 25.1. The van der Waals surface area contributed by atoms with Crippen LogP contribution in [0.2, 0.25) is 0 Å². The molecule has 0 aliphatic carbocycles. The van der Waals surface area contributed by atoms with Crippen LogP contribution in [0.25, 0.3) is 6.08 Å². The Morgan fingerprint density at radius 2 is 1.32 bits per heavy atom. The zero-order chi connectivity index (χ0) is 30.1. The number of ether oxygens (including phenoxy) is 5. The number of hydrogen-bond acceptors (Lipinski definition) is 8. The fraction of sp³-hybridized carbons (Fsp3) is 0.469. The molecule has 218 valence electrons. The molecular weight excluding hydrogens is 512 g/mol. The maximum absolute atomic E-state index is 12.9. The molecule has 2 aromatic carbocycles. The number of rotatable bonds is 12. The van der Waals surface area contributed by atoms with E-state index in [2.05, 4.69) is 0 Å². The number of ketones is 1. The summed E-state index contributed by atoms with van der Waals surface area (Å²) in [6.07, 6.45) is 4.01. The van der Waals surface area contributed by atoms with Crippen molar-refractivity contribution in [1.82, 2.24) is 0 Å². The van der Waals surface area contributed by atoms with Crippen LogP contribution >= 0.6 is 0 Å². The number of carbonyl (C=O) groups excluding carboxylic acids is 3. The van der Waals surface area contributed by atoms with Gasteiger partial charge in [0.1, 0.15) is 17.2 Å². The van der Waals surface area contributed by atoms with Gasteiger partial charge in [-0.2, -0.15) is 0 Å². The van der Waals surface area contributed by atoms with E-state index in [0.717, 1.165) is 23.1 Å². The Morgan fingerprint density at radius 1 is 0.775 bits per heavy atom. The number of carbonyl (C=O) groups is 3. The van der Waals surface area contributed by atoms with Gasteiger partial charge >= 0.3 is 11.9 Å². The summed E-state index contributed by atoms with van der Waals surface area (Å²) in [6.45, 7) is 16.5. The molecule has 0 saturated heterocycles. The third-order valence-corrected chi connectivity index (χ3v) is 5.71. The molecule has 0 amide bonds. The lowest BCUT2D eigenvalue weighted by Crippen LogP contribution is -2.24. The van der Waals surface area contributed by atoms with E-state index in [1.165, 1.54) is 6.08 Å². The first kappa shape index (κ1) is 32.4. The van der Waals surface area contributed by atoms with E-state index in [9.17, 15) is 14.4 Å². The molecule has 2 rings (SSSR count). The monoisotopic (exact) mass is 554 g/mol. The van der Waals surface area contributed by atoms with Gasteiger partial charge in [-0.1, -0.05) is 6.92 Å². The van der Waals surface area contributed by atoms with Crippen LogP contribution in [-0.2, 0) is 19.1 Å². The Labute approximate surface area is 237 Å². The van der Waals surface area contributed by atoms with Gasteiger partial charge in [0.15, 0.2) is 5.78 Å². The maximum atomic E-state index is 12.9. The van der Waals surface area contributed by atoms with Gasteiger partial charge < -0.3 is 23.7 Å². The van der Waals surface area contributed by atoms with Gasteiger partial charge in [-0.05, 0) is 110 Å². The lowest BCUT2D eigenvalue weighted by molar-refractivity contribution is -0.160. The molecule has 0 spiro atoms. The molecular formula is C32H42O8. The Kier molecular flexibility index (Phi) is 11.3. The van der Waals surface area contributed by atoms with Crippen molar-refractivity contribution in [3.63, 3.8) is 0 Å². The molecule has 0 saturated carbocycles. The number of aryl methyl sites for hydroxylation is 1. The van der Waals surface area contributed by atoms with E-state index in [1.54, 1.807) is 71.9 Å². The van der Waals surface area contributed by atoms with E-state index in [-0.39, 0.29) is 31.3 Å². The van der Waals surface area contributed by atoms with Crippen molar-refractivity contribution in [1.29, 1.82) is 0 Å². The molecule has 0 heterocycles. The maximum Gasteiger partial charge on any atom is 0.314 e. The van der Waals surface area contributed by atoms with Crippen LogP contribution in [0.1, 0.15) is 81.9 Å². The summed E-state index contributed by atoms with van der Waals surface area (Å²) in [5, 5.41) is 0. The average Bonchev–Trinajstić information content (AvgIpc) is 2.87. The van der Waals surface area contributed by atoms with E-state index in [0.29, 0.717) is 29.4 Å². The Morgan fingerprint density at radius 3 is 1.85 bits per heavy atom. The number of esters is 2. The van der Waals surface area contributed by atoms with Gasteiger partial charge in [-0.15, -0.1) is 0 Å². The van der Waals surface area contributed by atoms with Gasteiger partial charge in [-0.3, -0.25) is 14.4 Å². The van der Waals surface area contributed by atoms with Gasteiger partial charge in [-0.25, -0.2) is 0 Å². The van der Waals surface area contributed by atoms with Crippen molar-refractivity contribution in [3.8, 4) is 17.2 Å². The number of benzene rings is 2. The smallest absolute Gasteiger partial charge is 0.314 e. The lowest BCUT2D eigenvalue weighted by atomic mass is 9.97. The summed E-state index contributed by atoms with van der Waals surface area (Å²) < 4.78 is 27.7. The van der Waals surface area contributed by atoms with Crippen molar-refractivity contribution in [3.05, 3.63) is 58.7 Å². The molecule has 0 aliphatic rings. The fourth-order valence-corrected chi connectivity index (χ4v) is 3.42. The Bertz CT molecular complexity index is 1210. The van der Waals surface area contributed by atoms with Crippen molar-refractivity contribution in [2.75, 3.05) is 20.2 Å². The van der Waals surface area contributed by atoms with E-state index >= 15 is 0 Å². The highest BCUT2D eigenvalue weighted by atomic mass is 16.7. The quantitative estimate of drug-likeness (QED) is 0.122. The second kappa shape index (κ2) is 14.0. The minimum Gasteiger partial charge on any atom is -0.493 e. The highest BCUT2D eigenvalue weighted by Gasteiger charge is 2.24. The number of allylic oxidation sites excluding steroid dienone is 1. The highest BCUT2D eigenvalue weighted by molar-refractivity contribution is 6.07. The zero-order valence-electron chi connectivity index (χ0n) is 25.1. The molecule has 0 N–H and O–H groups in total. The van der Waals surface area contributed by atoms with Crippen LogP contribution in [0.15, 0.2) is 36.4 Å². The molecule has 8 heteroatoms. The topological polar surface area (TPSA) is 97.4 Å². The summed E-state index contributed by atoms with van der Waals surface area (Å²) in [5.41, 5.74) is 1.53. The van der Waals surface area contributed by atoms with Crippen LogP contribution in [-0.4, -0.2) is 37.9 Å². The highest BCUT2D eigenvalue weighted by Crippen LogP contribution is 2.36. The third kappa shape index (κ3) is 9.43. The summed E-state index contributed by atoms with van der Waals surface area (Å²) in [6, 6.07) is 8.46. The van der Waals surface area contributed by atoms with Gasteiger partial charge in [0, 0.05) is 16.7 Å². The standard InChI is InChI=1S/C32H42O8/c1-10-17-36-28-22(3)27(38-20-40-30(35)32(7,8)9)21(2)18-24(28)13-16-26(33)23-11-14-25(15-12-23)37-19-39-29(34)31(4,5)6/h11-16,18H,10,17,19-20H2,1-9H3/b16-13+. The van der Waals surface area contributed by atoms with E-state index < -0.39 is 10.8 Å². The molecule has 0 aliphatic heterocycles. The third-order valence-electron chi connectivity index (χ3n) is 5.71. The van der Waals surface area contributed by atoms with Crippen LogP contribution in [0, 0.1) is 24.7 Å². The first-order valence-electron chi connectivity index (χ1n) is 13.3. The Balaban J connectivity index is 2.14. The molecule has 0 unspecified atom stereocenters. The van der Waals surface area contributed by atoms with Crippen LogP contribution < -0.4 is 14.2 Å². The predicted molar refractivity (Wildman–Crippen MR) is 154 cm³/mol. The van der Waals surface area contributed by atoms with Gasteiger partial charge in [0.25, 0.3) is 0 Å². The molecule has 0 radical (unpaired) electrons. The van der Waals surface area contributed by atoms with Crippen molar-refractivity contribution >= 4 is 23.8 Å². The molecule has 0 aromatic heterocycles. The van der Waals surface area contributed by atoms with Crippen molar-refractivity contribution in [2.45, 2.75) is 68.7 Å². The largest absolute Gasteiger partial charge is 0.493 e. The number of hydrogen-bond donors (Lipinski definition) is 0. The van der Waals surface area contributed by atoms with Crippen LogP contribution in [0.3, 0.4) is 0 Å². The van der Waals surface area contributed by atoms with Gasteiger partial charge in [0.05, 0.1) is 17.4 Å². The molecule has 2 aromatic rings. The SMILES string of the molecule is CCCOc1c(/C=C/C(=O)c2ccc(OCOC(=O)C(C)(C)C)cc2)cc(C)c(OCOC(=O)C(C)(C)C)c1C. The summed E-state index contributed by atoms with van der Waals surface area (Å²) in [5.74, 6) is 0.735. The minimum absolute atomic E-state index is 0.197. The Hall–Kier alpha value is -3.81. The van der Waals surface area contributed by atoms with Crippen molar-refractivity contribution < 1.29 is 38.1 Å². The molecule has 40 heavy (non-hydrogen) atoms. The van der Waals surface area contributed by atoms with E-state index in [4.69, 9.17) is 23.7 Å². The average molecular weight is 555 g/mol. The lowest BCUT2D eigenvalue weighted by Gasteiger charge is -2.20. The second-order valence-electron chi connectivity index (χ2n) is 11.5. The first-order chi connectivity index (χ1) is 18.6. The summed E-state index contributed by atoms with van der Waals surface area (Å²) >= 11 is 0. The normalized spacial score (nSPS) is 11.7. The molecule has 0 fully saturated rings. The summed E-state index contributed by atoms with van der Waals surface area (Å²) in [4.78, 5) is 36.8. The van der Waals surface area contributed by atoms with Crippen molar-refractivity contribution in [2.24, 2.45) is 10.8 Å². The molecule has 8 nitrogen and oxygen atoms in total. The van der Waals surface area contributed by atoms with Crippen LogP contribution in [0.4, 0.5) is 0 Å². The predicted octanol–water partition coefficient (Wildman–Crippen LogP) is 6.84. The van der Waals surface area contributed by atoms with Crippen LogP contribution in [0.5, 0.6) is 17.2 Å². The molecule has 0 bridgehead atoms. The summed E-state index contributed by atoms with van der Waals surface area (Å²) in [7, 11) is 0. The second-order valence-corrected chi connectivity index (χ2v) is 11.5. The fourth-order valence-electron chi connectivity index (χ4n) is 3.42.